The predicted octanol–water partition coefficient (Wildman–Crippen LogP) is 5.34. The summed E-state index contributed by atoms with van der Waals surface area (Å²) in [7, 11) is 1.33. The molecule has 0 atom stereocenters. The molecule has 3 rings (SSSR count). The van der Waals surface area contributed by atoms with Crippen LogP contribution in [0.25, 0.3) is 16.8 Å². The minimum atomic E-state index is -0.447. The summed E-state index contributed by atoms with van der Waals surface area (Å²) in [6.07, 6.45) is 1.55. The molecule has 7 heteroatoms. The minimum Gasteiger partial charge on any atom is -0.465 e. The van der Waals surface area contributed by atoms with Gasteiger partial charge in [-0.05, 0) is 24.3 Å². The van der Waals surface area contributed by atoms with Crippen molar-refractivity contribution in [1.82, 2.24) is 4.98 Å². The van der Waals surface area contributed by atoms with E-state index in [1.165, 1.54) is 18.4 Å². The molecule has 3 aromatic rings. The Labute approximate surface area is 169 Å². The third-order valence-corrected chi connectivity index (χ3v) is 5.10. The van der Waals surface area contributed by atoms with E-state index < -0.39 is 5.97 Å². The van der Waals surface area contributed by atoms with Gasteiger partial charge in [0.05, 0.1) is 24.1 Å². The van der Waals surface area contributed by atoms with Gasteiger partial charge in [-0.1, -0.05) is 40.2 Å². The Balaban J connectivity index is 1.85. The molecule has 0 amide bonds. The predicted molar refractivity (Wildman–Crippen MR) is 110 cm³/mol. The SMILES string of the molecule is COC(=O)c1ccccc1NC=C(C#N)c1nc(-c2ccc(Br)cc2)cs1. The van der Waals surface area contributed by atoms with Gasteiger partial charge < -0.3 is 10.1 Å². The van der Waals surface area contributed by atoms with Gasteiger partial charge in [-0.3, -0.25) is 0 Å². The number of hydrogen-bond acceptors (Lipinski definition) is 6. The van der Waals surface area contributed by atoms with Gasteiger partial charge in [-0.25, -0.2) is 9.78 Å². The first-order valence-electron chi connectivity index (χ1n) is 7.88. The Bertz CT molecular complexity index is 1040. The van der Waals surface area contributed by atoms with Crippen LogP contribution in [0.1, 0.15) is 15.4 Å². The second-order valence-corrected chi connectivity index (χ2v) is 7.17. The Morgan fingerprint density at radius 2 is 2.00 bits per heavy atom. The highest BCUT2D eigenvalue weighted by molar-refractivity contribution is 9.10. The third-order valence-electron chi connectivity index (χ3n) is 3.70. The molecule has 134 valence electrons. The highest BCUT2D eigenvalue weighted by Crippen LogP contribution is 2.27. The van der Waals surface area contributed by atoms with Crippen molar-refractivity contribution >= 4 is 44.5 Å². The van der Waals surface area contributed by atoms with Gasteiger partial charge in [-0.15, -0.1) is 11.3 Å². The lowest BCUT2D eigenvalue weighted by atomic mass is 10.2. The largest absolute Gasteiger partial charge is 0.465 e. The van der Waals surface area contributed by atoms with Gasteiger partial charge in [0.25, 0.3) is 0 Å². The highest BCUT2D eigenvalue weighted by Gasteiger charge is 2.12. The van der Waals surface area contributed by atoms with E-state index in [0.29, 0.717) is 21.8 Å². The number of rotatable bonds is 5. The van der Waals surface area contributed by atoms with E-state index in [9.17, 15) is 10.1 Å². The first-order chi connectivity index (χ1) is 13.1. The number of esters is 1. The monoisotopic (exact) mass is 439 g/mol. The number of aromatic nitrogens is 1. The van der Waals surface area contributed by atoms with Crippen LogP contribution in [0.5, 0.6) is 0 Å². The van der Waals surface area contributed by atoms with E-state index >= 15 is 0 Å². The average Bonchev–Trinajstić information content (AvgIpc) is 3.18. The smallest absolute Gasteiger partial charge is 0.339 e. The van der Waals surface area contributed by atoms with Crippen LogP contribution in [0.15, 0.2) is 64.6 Å². The molecule has 5 nitrogen and oxygen atoms in total. The number of allylic oxidation sites excluding steroid dienone is 1. The summed E-state index contributed by atoms with van der Waals surface area (Å²) in [6.45, 7) is 0. The number of nitrogens with zero attached hydrogens (tertiary/aromatic N) is 2. The summed E-state index contributed by atoms with van der Waals surface area (Å²) >= 11 is 4.80. The zero-order valence-electron chi connectivity index (χ0n) is 14.3. The van der Waals surface area contributed by atoms with E-state index in [1.54, 1.807) is 30.5 Å². The fourth-order valence-corrected chi connectivity index (χ4v) is 3.40. The lowest BCUT2D eigenvalue weighted by molar-refractivity contribution is 0.0602. The maximum absolute atomic E-state index is 11.8. The number of hydrogen-bond donors (Lipinski definition) is 1. The van der Waals surface area contributed by atoms with Crippen molar-refractivity contribution in [1.29, 1.82) is 5.26 Å². The first-order valence-corrected chi connectivity index (χ1v) is 9.55. The molecule has 0 aliphatic rings. The summed E-state index contributed by atoms with van der Waals surface area (Å²) in [5.74, 6) is -0.447. The maximum Gasteiger partial charge on any atom is 0.339 e. The zero-order chi connectivity index (χ0) is 19.2. The van der Waals surface area contributed by atoms with Gasteiger partial charge in [0, 0.05) is 21.6 Å². The van der Waals surface area contributed by atoms with Crippen molar-refractivity contribution in [2.75, 3.05) is 12.4 Å². The van der Waals surface area contributed by atoms with Crippen molar-refractivity contribution in [2.24, 2.45) is 0 Å². The molecule has 0 saturated carbocycles. The number of halogens is 1. The van der Waals surface area contributed by atoms with Crippen LogP contribution in [-0.4, -0.2) is 18.1 Å². The topological polar surface area (TPSA) is 75.0 Å². The summed E-state index contributed by atoms with van der Waals surface area (Å²) in [5.41, 5.74) is 3.11. The summed E-state index contributed by atoms with van der Waals surface area (Å²) in [6, 6.07) is 16.9. The van der Waals surface area contributed by atoms with Gasteiger partial charge in [0.1, 0.15) is 16.6 Å². The summed E-state index contributed by atoms with van der Waals surface area (Å²) < 4.78 is 5.77. The van der Waals surface area contributed by atoms with Crippen molar-refractivity contribution in [3.63, 3.8) is 0 Å². The maximum atomic E-state index is 11.8. The number of nitriles is 1. The zero-order valence-corrected chi connectivity index (χ0v) is 16.7. The highest BCUT2D eigenvalue weighted by atomic mass is 79.9. The average molecular weight is 440 g/mol. The Kier molecular flexibility index (Phi) is 6.01. The number of carbonyl (C=O) groups is 1. The molecule has 0 fully saturated rings. The van der Waals surface area contributed by atoms with E-state index in [0.717, 1.165) is 15.7 Å². The van der Waals surface area contributed by atoms with Crippen LogP contribution in [0, 0.1) is 11.3 Å². The molecule has 1 N–H and O–H groups in total. The number of carbonyl (C=O) groups excluding carboxylic acids is 1. The van der Waals surface area contributed by atoms with Crippen molar-refractivity contribution < 1.29 is 9.53 Å². The molecule has 0 saturated heterocycles. The molecule has 0 bridgehead atoms. The quantitative estimate of drug-likeness (QED) is 0.429. The Morgan fingerprint density at radius 3 is 2.70 bits per heavy atom. The molecule has 0 aliphatic carbocycles. The molecule has 0 spiro atoms. The molecular formula is C20H14BrN3O2S. The van der Waals surface area contributed by atoms with Crippen molar-refractivity contribution in [3.8, 4) is 17.3 Å². The summed E-state index contributed by atoms with van der Waals surface area (Å²) in [5, 5.41) is 15.0. The van der Waals surface area contributed by atoms with Crippen LogP contribution in [0.3, 0.4) is 0 Å². The van der Waals surface area contributed by atoms with Crippen molar-refractivity contribution in [2.45, 2.75) is 0 Å². The standard InChI is InChI=1S/C20H14BrN3O2S/c1-26-20(25)16-4-2-3-5-17(16)23-11-14(10-22)19-24-18(12-27-19)13-6-8-15(21)9-7-13/h2-9,11-12,23H,1H3. The van der Waals surface area contributed by atoms with Gasteiger partial charge in [-0.2, -0.15) is 5.26 Å². The molecule has 0 unspecified atom stereocenters. The third kappa shape index (κ3) is 4.42. The van der Waals surface area contributed by atoms with E-state index in [1.807, 2.05) is 29.6 Å². The molecule has 0 radical (unpaired) electrons. The second kappa shape index (κ2) is 8.62. The molecule has 1 heterocycles. The number of para-hydroxylation sites is 1. The van der Waals surface area contributed by atoms with Gasteiger partial charge in [0.15, 0.2) is 0 Å². The fourth-order valence-electron chi connectivity index (χ4n) is 2.34. The van der Waals surface area contributed by atoms with Crippen LogP contribution in [0.2, 0.25) is 0 Å². The Morgan fingerprint density at radius 1 is 1.26 bits per heavy atom. The fraction of sp³-hybridized carbons (Fsp3) is 0.0500. The number of ether oxygens (including phenoxy) is 1. The van der Waals surface area contributed by atoms with Crippen LogP contribution in [0.4, 0.5) is 5.69 Å². The van der Waals surface area contributed by atoms with Gasteiger partial charge >= 0.3 is 5.97 Å². The number of methoxy groups -OCH3 is 1. The lowest BCUT2D eigenvalue weighted by Gasteiger charge is -2.07. The lowest BCUT2D eigenvalue weighted by Crippen LogP contribution is -2.05. The van der Waals surface area contributed by atoms with Crippen LogP contribution < -0.4 is 5.32 Å². The molecule has 0 aliphatic heterocycles. The normalized spacial score (nSPS) is 10.9. The first kappa shape index (κ1) is 18.8. The molecule has 27 heavy (non-hydrogen) atoms. The van der Waals surface area contributed by atoms with Gasteiger partial charge in [0.2, 0.25) is 0 Å². The van der Waals surface area contributed by atoms with E-state index in [4.69, 9.17) is 4.74 Å². The van der Waals surface area contributed by atoms with Crippen LogP contribution >= 0.6 is 27.3 Å². The van der Waals surface area contributed by atoms with Crippen LogP contribution in [-0.2, 0) is 4.74 Å². The molecule has 2 aromatic carbocycles. The summed E-state index contributed by atoms with van der Waals surface area (Å²) in [4.78, 5) is 16.4. The Hall–Kier alpha value is -2.95. The number of anilines is 1. The minimum absolute atomic E-state index is 0.378. The van der Waals surface area contributed by atoms with Crippen molar-refractivity contribution in [3.05, 3.63) is 75.2 Å². The second-order valence-electron chi connectivity index (χ2n) is 5.40. The molecule has 1 aromatic heterocycles. The number of thiazole rings is 1. The van der Waals surface area contributed by atoms with E-state index in [2.05, 4.69) is 32.3 Å². The molecular weight excluding hydrogens is 426 g/mol. The van der Waals surface area contributed by atoms with E-state index in [-0.39, 0.29) is 0 Å². The number of benzene rings is 2. The number of nitrogens with one attached hydrogen (secondary N) is 1.